The average Bonchev–Trinajstić information content (AvgIpc) is 2.57. The van der Waals surface area contributed by atoms with E-state index in [-0.39, 0.29) is 6.10 Å². The molecule has 1 saturated carbocycles. The van der Waals surface area contributed by atoms with E-state index >= 15 is 0 Å². The third kappa shape index (κ3) is 5.38. The molecule has 3 nitrogen and oxygen atoms in total. The lowest BCUT2D eigenvalue weighted by atomic mass is 9.94. The quantitative estimate of drug-likeness (QED) is 0.793. The van der Waals surface area contributed by atoms with Crippen molar-refractivity contribution in [3.63, 3.8) is 0 Å². The van der Waals surface area contributed by atoms with Gasteiger partial charge in [-0.25, -0.2) is 0 Å². The van der Waals surface area contributed by atoms with Crippen molar-refractivity contribution in [2.75, 3.05) is 20.2 Å². The first-order chi connectivity index (χ1) is 10.7. The second-order valence-corrected chi connectivity index (χ2v) is 6.53. The van der Waals surface area contributed by atoms with E-state index < -0.39 is 6.10 Å². The summed E-state index contributed by atoms with van der Waals surface area (Å²) in [6, 6.07) is 10.9. The first kappa shape index (κ1) is 17.5. The maximum Gasteiger partial charge on any atom is 0.0900 e. The minimum Gasteiger partial charge on any atom is -0.389 e. The average molecular weight is 305 g/mol. The second kappa shape index (κ2) is 9.29. The fourth-order valence-corrected chi connectivity index (χ4v) is 3.40. The molecule has 0 spiro atoms. The van der Waals surface area contributed by atoms with Gasteiger partial charge in [0, 0.05) is 12.6 Å². The second-order valence-electron chi connectivity index (χ2n) is 6.53. The Morgan fingerprint density at radius 3 is 2.50 bits per heavy atom. The van der Waals surface area contributed by atoms with Crippen molar-refractivity contribution in [2.45, 2.75) is 63.7 Å². The summed E-state index contributed by atoms with van der Waals surface area (Å²) in [5, 5.41) is 10.3. The maximum atomic E-state index is 10.3. The molecule has 0 radical (unpaired) electrons. The van der Waals surface area contributed by atoms with Crippen molar-refractivity contribution >= 4 is 0 Å². The molecule has 2 rings (SSSR count). The SMILES string of the molecule is CC[C@H](OC[C@H](O)CN(C)C1CCCCC1)c1ccccc1. The van der Waals surface area contributed by atoms with Crippen LogP contribution in [0.4, 0.5) is 0 Å². The summed E-state index contributed by atoms with van der Waals surface area (Å²) in [4.78, 5) is 2.32. The molecule has 0 aliphatic heterocycles. The Kier molecular flexibility index (Phi) is 7.37. The van der Waals surface area contributed by atoms with E-state index in [0.29, 0.717) is 19.2 Å². The van der Waals surface area contributed by atoms with Gasteiger partial charge in [-0.1, -0.05) is 56.5 Å². The summed E-state index contributed by atoms with van der Waals surface area (Å²) in [5.41, 5.74) is 1.19. The van der Waals surface area contributed by atoms with Gasteiger partial charge in [0.05, 0.1) is 18.8 Å². The lowest BCUT2D eigenvalue weighted by molar-refractivity contribution is -0.0264. The highest BCUT2D eigenvalue weighted by Gasteiger charge is 2.20. The molecule has 0 saturated heterocycles. The van der Waals surface area contributed by atoms with Gasteiger partial charge >= 0.3 is 0 Å². The van der Waals surface area contributed by atoms with Gasteiger partial charge in [0.15, 0.2) is 0 Å². The lowest BCUT2D eigenvalue weighted by Gasteiger charge is -2.32. The number of likely N-dealkylation sites (N-methyl/N-ethyl adjacent to an activating group) is 1. The Labute approximate surface area is 135 Å². The number of hydrogen-bond donors (Lipinski definition) is 1. The largest absolute Gasteiger partial charge is 0.389 e. The van der Waals surface area contributed by atoms with Gasteiger partial charge in [-0.3, -0.25) is 0 Å². The van der Waals surface area contributed by atoms with E-state index in [9.17, 15) is 5.11 Å². The van der Waals surface area contributed by atoms with E-state index in [0.717, 1.165) is 6.42 Å². The third-order valence-corrected chi connectivity index (χ3v) is 4.73. The summed E-state index contributed by atoms with van der Waals surface area (Å²) in [5.74, 6) is 0. The minimum absolute atomic E-state index is 0.0795. The van der Waals surface area contributed by atoms with Gasteiger partial charge < -0.3 is 14.7 Å². The van der Waals surface area contributed by atoms with Gasteiger partial charge in [0.25, 0.3) is 0 Å². The van der Waals surface area contributed by atoms with E-state index in [1.807, 2.05) is 18.2 Å². The molecule has 0 aromatic heterocycles. The zero-order valence-corrected chi connectivity index (χ0v) is 14.1. The van der Waals surface area contributed by atoms with E-state index in [2.05, 4.69) is 31.0 Å². The van der Waals surface area contributed by atoms with Gasteiger partial charge in [0.2, 0.25) is 0 Å². The van der Waals surface area contributed by atoms with Crippen molar-refractivity contribution in [3.8, 4) is 0 Å². The zero-order valence-electron chi connectivity index (χ0n) is 14.1. The maximum absolute atomic E-state index is 10.3. The van der Waals surface area contributed by atoms with E-state index in [1.165, 1.54) is 37.7 Å². The van der Waals surface area contributed by atoms with Crippen LogP contribution in [0.15, 0.2) is 30.3 Å². The molecule has 1 aliphatic carbocycles. The van der Waals surface area contributed by atoms with Crippen LogP contribution in [0.3, 0.4) is 0 Å². The predicted molar refractivity (Wildman–Crippen MR) is 90.9 cm³/mol. The van der Waals surface area contributed by atoms with Crippen molar-refractivity contribution in [1.29, 1.82) is 0 Å². The molecular weight excluding hydrogens is 274 g/mol. The molecule has 0 unspecified atom stereocenters. The molecule has 2 atom stereocenters. The number of rotatable bonds is 8. The van der Waals surface area contributed by atoms with Crippen molar-refractivity contribution in [3.05, 3.63) is 35.9 Å². The summed E-state index contributed by atoms with van der Waals surface area (Å²) in [6.07, 6.45) is 7.15. The topological polar surface area (TPSA) is 32.7 Å². The van der Waals surface area contributed by atoms with Crippen LogP contribution in [-0.4, -0.2) is 42.4 Å². The van der Waals surface area contributed by atoms with Crippen LogP contribution < -0.4 is 0 Å². The highest BCUT2D eigenvalue weighted by atomic mass is 16.5. The highest BCUT2D eigenvalue weighted by Crippen LogP contribution is 2.23. The van der Waals surface area contributed by atoms with Crippen LogP contribution in [0.2, 0.25) is 0 Å². The van der Waals surface area contributed by atoms with Crippen LogP contribution >= 0.6 is 0 Å². The van der Waals surface area contributed by atoms with E-state index in [4.69, 9.17) is 4.74 Å². The van der Waals surface area contributed by atoms with Crippen molar-refractivity contribution in [1.82, 2.24) is 4.90 Å². The Balaban J connectivity index is 1.75. The summed E-state index contributed by atoms with van der Waals surface area (Å²) in [6.45, 7) is 3.23. The van der Waals surface area contributed by atoms with Gasteiger partial charge in [-0.2, -0.15) is 0 Å². The molecule has 0 bridgehead atoms. The molecule has 1 aliphatic rings. The molecule has 0 amide bonds. The Hall–Kier alpha value is -0.900. The fourth-order valence-electron chi connectivity index (χ4n) is 3.40. The smallest absolute Gasteiger partial charge is 0.0900 e. The molecule has 124 valence electrons. The molecule has 1 fully saturated rings. The number of benzene rings is 1. The van der Waals surface area contributed by atoms with Crippen LogP contribution in [0.5, 0.6) is 0 Å². The summed E-state index contributed by atoms with van der Waals surface area (Å²) < 4.78 is 5.95. The van der Waals surface area contributed by atoms with Gasteiger partial charge in [-0.05, 0) is 31.9 Å². The minimum atomic E-state index is -0.412. The molecule has 3 heteroatoms. The van der Waals surface area contributed by atoms with Crippen LogP contribution in [-0.2, 0) is 4.74 Å². The lowest BCUT2D eigenvalue weighted by Crippen LogP contribution is -2.40. The summed E-state index contributed by atoms with van der Waals surface area (Å²) >= 11 is 0. The van der Waals surface area contributed by atoms with Gasteiger partial charge in [-0.15, -0.1) is 0 Å². The van der Waals surface area contributed by atoms with Crippen molar-refractivity contribution < 1.29 is 9.84 Å². The Morgan fingerprint density at radius 1 is 1.18 bits per heavy atom. The molecule has 1 aromatic carbocycles. The molecular formula is C19H31NO2. The zero-order chi connectivity index (χ0) is 15.8. The van der Waals surface area contributed by atoms with Crippen LogP contribution in [0.1, 0.15) is 57.1 Å². The first-order valence-corrected chi connectivity index (χ1v) is 8.75. The Bertz CT molecular complexity index is 403. The highest BCUT2D eigenvalue weighted by molar-refractivity contribution is 5.17. The normalized spacial score (nSPS) is 19.3. The van der Waals surface area contributed by atoms with Crippen molar-refractivity contribution in [2.24, 2.45) is 0 Å². The predicted octanol–water partition coefficient (Wildman–Crippen LogP) is 3.78. The van der Waals surface area contributed by atoms with Crippen LogP contribution in [0.25, 0.3) is 0 Å². The number of hydrogen-bond acceptors (Lipinski definition) is 3. The number of nitrogens with zero attached hydrogens (tertiary/aromatic N) is 1. The van der Waals surface area contributed by atoms with Gasteiger partial charge in [0.1, 0.15) is 0 Å². The fraction of sp³-hybridized carbons (Fsp3) is 0.684. The first-order valence-electron chi connectivity index (χ1n) is 8.75. The number of ether oxygens (including phenoxy) is 1. The monoisotopic (exact) mass is 305 g/mol. The Morgan fingerprint density at radius 2 is 1.86 bits per heavy atom. The molecule has 1 aromatic rings. The molecule has 0 heterocycles. The standard InChI is InChI=1S/C19H31NO2/c1-3-19(16-10-6-4-7-11-16)22-15-18(21)14-20(2)17-12-8-5-9-13-17/h4,6-7,10-11,17-19,21H,3,5,8-9,12-15H2,1-2H3/t18-,19+/m1/s1. The third-order valence-electron chi connectivity index (χ3n) is 4.73. The number of aliphatic hydroxyl groups excluding tert-OH is 1. The number of aliphatic hydroxyl groups is 1. The van der Waals surface area contributed by atoms with Crippen LogP contribution in [0, 0.1) is 0 Å². The summed E-state index contributed by atoms with van der Waals surface area (Å²) in [7, 11) is 2.13. The van der Waals surface area contributed by atoms with E-state index in [1.54, 1.807) is 0 Å². The molecule has 22 heavy (non-hydrogen) atoms. The molecule has 1 N–H and O–H groups in total.